The summed E-state index contributed by atoms with van der Waals surface area (Å²) >= 11 is 3.44. The number of carbonyl (C=O) groups is 1. The van der Waals surface area contributed by atoms with Crippen molar-refractivity contribution in [3.05, 3.63) is 39.6 Å². The fourth-order valence-corrected chi connectivity index (χ4v) is 2.89. The van der Waals surface area contributed by atoms with Gasteiger partial charge in [-0.25, -0.2) is 0 Å². The number of Topliss-reactive ketones (excluding diaryl/α,β-unsaturated/α-hetero) is 1. The Morgan fingerprint density at radius 2 is 2.05 bits per heavy atom. The van der Waals surface area contributed by atoms with Crippen LogP contribution in [0.15, 0.2) is 39.0 Å². The molecule has 0 aliphatic heterocycles. The van der Waals surface area contributed by atoms with Gasteiger partial charge in [0, 0.05) is 23.5 Å². The first kappa shape index (κ1) is 15.0. The van der Waals surface area contributed by atoms with Crippen molar-refractivity contribution in [2.45, 2.75) is 33.6 Å². The first-order chi connectivity index (χ1) is 9.28. The molecule has 1 aliphatic carbocycles. The third-order valence-electron chi connectivity index (χ3n) is 3.33. The Hall–Kier alpha value is -1.42. The zero-order valence-electron chi connectivity index (χ0n) is 11.9. The second-order valence-electron chi connectivity index (χ2n) is 6.01. The highest BCUT2D eigenvalue weighted by molar-refractivity contribution is 9.10. The highest BCUT2D eigenvalue weighted by atomic mass is 79.9. The maximum atomic E-state index is 12.1. The number of allylic oxidation sites excluding steroid dienone is 2. The maximum absolute atomic E-state index is 12.1. The monoisotopic (exact) mass is 335 g/mol. The van der Waals surface area contributed by atoms with Gasteiger partial charge in [0.1, 0.15) is 5.76 Å². The fourth-order valence-electron chi connectivity index (χ4n) is 2.30. The van der Waals surface area contributed by atoms with Crippen LogP contribution in [0.3, 0.4) is 0 Å². The van der Waals surface area contributed by atoms with Crippen LogP contribution in [0.25, 0.3) is 0 Å². The van der Waals surface area contributed by atoms with Crippen molar-refractivity contribution in [1.82, 2.24) is 0 Å². The number of ketones is 1. The number of hydrogen-bond acceptors (Lipinski definition) is 3. The molecule has 1 aliphatic rings. The molecule has 0 saturated carbocycles. The van der Waals surface area contributed by atoms with Gasteiger partial charge in [0.15, 0.2) is 5.78 Å². The molecule has 2 rings (SSSR count). The average molecular weight is 336 g/mol. The molecule has 0 aromatic heterocycles. The van der Waals surface area contributed by atoms with Gasteiger partial charge in [-0.15, -0.1) is 0 Å². The summed E-state index contributed by atoms with van der Waals surface area (Å²) < 4.78 is 0.873. The first-order valence-corrected chi connectivity index (χ1v) is 7.33. The van der Waals surface area contributed by atoms with Gasteiger partial charge in [-0.2, -0.15) is 0 Å². The Morgan fingerprint density at radius 1 is 1.35 bits per heavy atom. The van der Waals surface area contributed by atoms with Crippen molar-refractivity contribution in [2.75, 3.05) is 0 Å². The van der Waals surface area contributed by atoms with Crippen LogP contribution in [0.1, 0.15) is 32.3 Å². The van der Waals surface area contributed by atoms with Gasteiger partial charge in [-0.05, 0) is 46.0 Å². The van der Waals surface area contributed by atoms with E-state index in [1.165, 1.54) is 6.21 Å². The zero-order chi connectivity index (χ0) is 14.9. The van der Waals surface area contributed by atoms with Gasteiger partial charge >= 0.3 is 0 Å². The predicted molar refractivity (Wildman–Crippen MR) is 84.7 cm³/mol. The van der Waals surface area contributed by atoms with E-state index < -0.39 is 0 Å². The van der Waals surface area contributed by atoms with Gasteiger partial charge in [0.2, 0.25) is 0 Å². The predicted octanol–water partition coefficient (Wildman–Crippen LogP) is 4.66. The Bertz CT molecular complexity index is 615. The Balaban J connectivity index is 2.29. The molecule has 0 atom stereocenters. The van der Waals surface area contributed by atoms with Crippen LogP contribution in [0, 0.1) is 12.3 Å². The fraction of sp³-hybridized carbons (Fsp3) is 0.375. The summed E-state index contributed by atoms with van der Waals surface area (Å²) in [5.74, 6) is 0.0870. The van der Waals surface area contributed by atoms with Crippen LogP contribution in [0.2, 0.25) is 0 Å². The number of hydrogen-bond donors (Lipinski definition) is 1. The SMILES string of the molecule is Cc1ccc(N=CC2=C(O)CC(C)(C)CC2=O)c(Br)c1. The van der Waals surface area contributed by atoms with Crippen LogP contribution in [0.5, 0.6) is 0 Å². The third kappa shape index (κ3) is 3.37. The summed E-state index contributed by atoms with van der Waals surface area (Å²) in [6, 6.07) is 5.80. The molecule has 3 nitrogen and oxygen atoms in total. The number of aliphatic hydroxyl groups is 1. The molecule has 0 bridgehead atoms. The first-order valence-electron chi connectivity index (χ1n) is 6.54. The molecular weight excluding hydrogens is 318 g/mol. The van der Waals surface area contributed by atoms with E-state index in [4.69, 9.17) is 0 Å². The van der Waals surface area contributed by atoms with Crippen molar-refractivity contribution in [3.8, 4) is 0 Å². The molecular formula is C16H18BrNO2. The van der Waals surface area contributed by atoms with Gasteiger partial charge in [0.05, 0.1) is 11.3 Å². The molecule has 0 heterocycles. The Kier molecular flexibility index (Phi) is 4.14. The zero-order valence-corrected chi connectivity index (χ0v) is 13.5. The minimum Gasteiger partial charge on any atom is -0.511 e. The lowest BCUT2D eigenvalue weighted by Crippen LogP contribution is -2.26. The van der Waals surface area contributed by atoms with E-state index in [0.29, 0.717) is 18.4 Å². The van der Waals surface area contributed by atoms with Crippen LogP contribution in [0.4, 0.5) is 5.69 Å². The smallest absolute Gasteiger partial charge is 0.168 e. The van der Waals surface area contributed by atoms with Gasteiger partial charge < -0.3 is 5.11 Å². The Labute approximate surface area is 127 Å². The summed E-state index contributed by atoms with van der Waals surface area (Å²) in [5.41, 5.74) is 2.03. The van der Waals surface area contributed by atoms with E-state index in [1.807, 2.05) is 39.0 Å². The number of carbonyl (C=O) groups excluding carboxylic acids is 1. The Morgan fingerprint density at radius 3 is 2.65 bits per heavy atom. The van der Waals surface area contributed by atoms with Gasteiger partial charge in [-0.1, -0.05) is 19.9 Å². The second kappa shape index (κ2) is 5.52. The number of aryl methyl sites for hydroxylation is 1. The minimum absolute atomic E-state index is 0.0502. The topological polar surface area (TPSA) is 49.7 Å². The molecule has 106 valence electrons. The highest BCUT2D eigenvalue weighted by Crippen LogP contribution is 2.35. The molecule has 0 fully saturated rings. The molecule has 1 aromatic rings. The number of aliphatic hydroxyl groups excluding tert-OH is 1. The molecule has 0 unspecified atom stereocenters. The van der Waals surface area contributed by atoms with E-state index in [-0.39, 0.29) is 17.0 Å². The summed E-state index contributed by atoms with van der Waals surface area (Å²) in [6.45, 7) is 5.95. The molecule has 1 aromatic carbocycles. The summed E-state index contributed by atoms with van der Waals surface area (Å²) in [4.78, 5) is 16.4. The quantitative estimate of drug-likeness (QED) is 0.799. The molecule has 0 spiro atoms. The molecule has 0 saturated heterocycles. The molecule has 0 radical (unpaired) electrons. The van der Waals surface area contributed by atoms with E-state index >= 15 is 0 Å². The molecule has 0 amide bonds. The molecule has 1 N–H and O–H groups in total. The normalized spacial score (nSPS) is 18.9. The van der Waals surface area contributed by atoms with Crippen molar-refractivity contribution in [2.24, 2.45) is 10.4 Å². The van der Waals surface area contributed by atoms with Crippen LogP contribution >= 0.6 is 15.9 Å². The van der Waals surface area contributed by atoms with E-state index in [1.54, 1.807) is 0 Å². The lowest BCUT2D eigenvalue weighted by Gasteiger charge is -2.28. The van der Waals surface area contributed by atoms with Crippen LogP contribution < -0.4 is 0 Å². The second-order valence-corrected chi connectivity index (χ2v) is 6.87. The standard InChI is InChI=1S/C16H18BrNO2/c1-10-4-5-13(12(17)6-10)18-9-11-14(19)7-16(2,3)8-15(11)20/h4-6,9,19H,7-8H2,1-3H3. The van der Waals surface area contributed by atoms with Crippen molar-refractivity contribution in [1.29, 1.82) is 0 Å². The van der Waals surface area contributed by atoms with Crippen molar-refractivity contribution in [3.63, 3.8) is 0 Å². The maximum Gasteiger partial charge on any atom is 0.168 e. The molecule has 4 heteroatoms. The lowest BCUT2D eigenvalue weighted by atomic mass is 9.77. The number of rotatable bonds is 2. The van der Waals surface area contributed by atoms with Gasteiger partial charge in [0.25, 0.3) is 0 Å². The van der Waals surface area contributed by atoms with Crippen LogP contribution in [-0.2, 0) is 4.79 Å². The summed E-state index contributed by atoms with van der Waals surface area (Å²) in [5, 5.41) is 10.0. The highest BCUT2D eigenvalue weighted by Gasteiger charge is 2.32. The summed E-state index contributed by atoms with van der Waals surface area (Å²) in [6.07, 6.45) is 2.42. The van der Waals surface area contributed by atoms with E-state index in [2.05, 4.69) is 20.9 Å². The summed E-state index contributed by atoms with van der Waals surface area (Å²) in [7, 11) is 0. The lowest BCUT2D eigenvalue weighted by molar-refractivity contribution is -0.117. The van der Waals surface area contributed by atoms with E-state index in [0.717, 1.165) is 15.7 Å². The molecule has 20 heavy (non-hydrogen) atoms. The number of aliphatic imine (C=N–C) groups is 1. The van der Waals surface area contributed by atoms with E-state index in [9.17, 15) is 9.90 Å². The average Bonchev–Trinajstić information content (AvgIpc) is 2.28. The largest absolute Gasteiger partial charge is 0.511 e. The number of benzene rings is 1. The van der Waals surface area contributed by atoms with Crippen molar-refractivity contribution >= 4 is 33.6 Å². The number of halogens is 1. The van der Waals surface area contributed by atoms with Crippen LogP contribution in [-0.4, -0.2) is 17.1 Å². The van der Waals surface area contributed by atoms with Gasteiger partial charge in [-0.3, -0.25) is 9.79 Å². The number of nitrogens with zero attached hydrogens (tertiary/aromatic N) is 1. The third-order valence-corrected chi connectivity index (χ3v) is 3.97. The van der Waals surface area contributed by atoms with Crippen molar-refractivity contribution < 1.29 is 9.90 Å². The minimum atomic E-state index is -0.178.